The van der Waals surface area contributed by atoms with Crippen LogP contribution in [0.15, 0.2) is 0 Å². The Morgan fingerprint density at radius 2 is 2.18 bits per heavy atom. The van der Waals surface area contributed by atoms with E-state index in [1.54, 1.807) is 0 Å². The third-order valence-electron chi connectivity index (χ3n) is 3.44. The second-order valence-electron chi connectivity index (χ2n) is 5.79. The number of hydrogen-bond acceptors (Lipinski definition) is 3. The summed E-state index contributed by atoms with van der Waals surface area (Å²) >= 11 is 0. The fourth-order valence-corrected chi connectivity index (χ4v) is 2.63. The fraction of sp³-hybridized carbons (Fsp3) is 0.923. The Balaban J connectivity index is 2.59. The minimum atomic E-state index is -0.709. The average Bonchev–Trinajstić information content (AvgIpc) is 2.14. The lowest BCUT2D eigenvalue weighted by Crippen LogP contribution is -2.55. The highest BCUT2D eigenvalue weighted by Crippen LogP contribution is 2.35. The average molecular weight is 243 g/mol. The first-order chi connectivity index (χ1) is 7.84. The number of likely N-dealkylation sites (tertiary alicyclic amines) is 1. The summed E-state index contributed by atoms with van der Waals surface area (Å²) in [5.74, 6) is -0.709. The molecule has 0 spiro atoms. The molecular weight excluding hydrogens is 218 g/mol. The monoisotopic (exact) mass is 243 g/mol. The van der Waals surface area contributed by atoms with E-state index in [2.05, 4.69) is 0 Å². The fourth-order valence-electron chi connectivity index (χ4n) is 2.63. The van der Waals surface area contributed by atoms with Gasteiger partial charge in [-0.05, 0) is 38.6 Å². The third-order valence-corrected chi connectivity index (χ3v) is 3.44. The molecule has 4 heteroatoms. The minimum Gasteiger partial charge on any atom is -0.480 e. The summed E-state index contributed by atoms with van der Waals surface area (Å²) in [6, 6.07) is -0.382. The van der Waals surface area contributed by atoms with Gasteiger partial charge in [-0.15, -0.1) is 0 Å². The molecule has 100 valence electrons. The molecule has 0 aromatic rings. The highest BCUT2D eigenvalue weighted by atomic mass is 16.5. The zero-order valence-corrected chi connectivity index (χ0v) is 11.4. The molecule has 0 aliphatic carbocycles. The lowest BCUT2D eigenvalue weighted by Gasteiger charge is -2.44. The van der Waals surface area contributed by atoms with Crippen molar-refractivity contribution >= 4 is 5.97 Å². The highest BCUT2D eigenvalue weighted by Gasteiger charge is 2.42. The SMILES string of the molecule is CC(C)OCCN1CCCC(C)(C)C1C(=O)O. The number of carboxylic acid groups (broad SMARTS) is 1. The van der Waals surface area contributed by atoms with Gasteiger partial charge in [0.1, 0.15) is 6.04 Å². The Bertz CT molecular complexity index is 263. The summed E-state index contributed by atoms with van der Waals surface area (Å²) < 4.78 is 5.51. The van der Waals surface area contributed by atoms with Crippen molar-refractivity contribution in [2.45, 2.75) is 52.7 Å². The van der Waals surface area contributed by atoms with Gasteiger partial charge in [0.2, 0.25) is 0 Å². The minimum absolute atomic E-state index is 0.151. The van der Waals surface area contributed by atoms with Crippen molar-refractivity contribution in [3.8, 4) is 0 Å². The van der Waals surface area contributed by atoms with Crippen LogP contribution in [0.3, 0.4) is 0 Å². The summed E-state index contributed by atoms with van der Waals surface area (Å²) in [7, 11) is 0. The topological polar surface area (TPSA) is 49.8 Å². The summed E-state index contributed by atoms with van der Waals surface area (Å²) in [5, 5.41) is 9.37. The lowest BCUT2D eigenvalue weighted by atomic mass is 9.76. The second kappa shape index (κ2) is 5.83. The van der Waals surface area contributed by atoms with E-state index < -0.39 is 5.97 Å². The van der Waals surface area contributed by atoms with Gasteiger partial charge in [0, 0.05) is 6.54 Å². The number of hydrogen-bond donors (Lipinski definition) is 1. The van der Waals surface area contributed by atoms with Crippen molar-refractivity contribution in [1.82, 2.24) is 4.90 Å². The Morgan fingerprint density at radius 3 is 2.71 bits per heavy atom. The van der Waals surface area contributed by atoms with Crippen molar-refractivity contribution in [3.05, 3.63) is 0 Å². The maximum atomic E-state index is 11.4. The van der Waals surface area contributed by atoms with Crippen LogP contribution < -0.4 is 0 Å². The molecule has 1 saturated heterocycles. The van der Waals surface area contributed by atoms with E-state index in [4.69, 9.17) is 4.74 Å². The molecule has 0 radical (unpaired) electrons. The van der Waals surface area contributed by atoms with E-state index in [0.29, 0.717) is 13.2 Å². The van der Waals surface area contributed by atoms with E-state index in [9.17, 15) is 9.90 Å². The predicted octanol–water partition coefficient (Wildman–Crippen LogP) is 1.99. The van der Waals surface area contributed by atoms with Crippen LogP contribution in [-0.2, 0) is 9.53 Å². The number of carbonyl (C=O) groups is 1. The van der Waals surface area contributed by atoms with Crippen molar-refractivity contribution in [2.75, 3.05) is 19.7 Å². The van der Waals surface area contributed by atoms with Gasteiger partial charge in [0.05, 0.1) is 12.7 Å². The van der Waals surface area contributed by atoms with E-state index >= 15 is 0 Å². The molecule has 1 aliphatic heterocycles. The number of rotatable bonds is 5. The number of nitrogens with zero attached hydrogens (tertiary/aromatic N) is 1. The molecule has 1 heterocycles. The van der Waals surface area contributed by atoms with Crippen LogP contribution >= 0.6 is 0 Å². The van der Waals surface area contributed by atoms with Crippen LogP contribution in [0.1, 0.15) is 40.5 Å². The quantitative estimate of drug-likeness (QED) is 0.802. The van der Waals surface area contributed by atoms with E-state index in [1.165, 1.54) is 0 Å². The number of ether oxygens (including phenoxy) is 1. The van der Waals surface area contributed by atoms with Crippen molar-refractivity contribution in [3.63, 3.8) is 0 Å². The molecule has 0 aromatic heterocycles. The van der Waals surface area contributed by atoms with Gasteiger partial charge >= 0.3 is 5.97 Å². The van der Waals surface area contributed by atoms with E-state index in [-0.39, 0.29) is 17.6 Å². The Morgan fingerprint density at radius 1 is 1.53 bits per heavy atom. The van der Waals surface area contributed by atoms with Crippen molar-refractivity contribution < 1.29 is 14.6 Å². The smallest absolute Gasteiger partial charge is 0.321 e. The first-order valence-corrected chi connectivity index (χ1v) is 6.43. The van der Waals surface area contributed by atoms with Crippen LogP contribution in [0, 0.1) is 5.41 Å². The first kappa shape index (κ1) is 14.5. The molecule has 0 saturated carbocycles. The summed E-state index contributed by atoms with van der Waals surface area (Å²) in [4.78, 5) is 13.4. The summed E-state index contributed by atoms with van der Waals surface area (Å²) in [6.07, 6.45) is 2.25. The normalized spacial score (nSPS) is 25.1. The second-order valence-corrected chi connectivity index (χ2v) is 5.79. The Kier molecular flexibility index (Phi) is 4.95. The molecule has 17 heavy (non-hydrogen) atoms. The maximum absolute atomic E-state index is 11.4. The Labute approximate surface area is 104 Å². The van der Waals surface area contributed by atoms with Gasteiger partial charge in [-0.25, -0.2) is 0 Å². The molecule has 0 aromatic carbocycles. The molecule has 4 nitrogen and oxygen atoms in total. The van der Waals surface area contributed by atoms with Gasteiger partial charge in [-0.2, -0.15) is 0 Å². The van der Waals surface area contributed by atoms with Crippen LogP contribution in [-0.4, -0.2) is 47.8 Å². The summed E-state index contributed by atoms with van der Waals surface area (Å²) in [6.45, 7) is 10.3. The zero-order valence-electron chi connectivity index (χ0n) is 11.4. The molecule has 0 bridgehead atoms. The predicted molar refractivity (Wildman–Crippen MR) is 67.1 cm³/mol. The molecule has 1 aliphatic rings. The van der Waals surface area contributed by atoms with Gasteiger partial charge in [-0.3, -0.25) is 9.69 Å². The number of aliphatic carboxylic acids is 1. The number of piperidine rings is 1. The highest BCUT2D eigenvalue weighted by molar-refractivity contribution is 5.74. The first-order valence-electron chi connectivity index (χ1n) is 6.43. The molecule has 1 rings (SSSR count). The van der Waals surface area contributed by atoms with Crippen LogP contribution in [0.4, 0.5) is 0 Å². The molecular formula is C13H25NO3. The molecule has 1 unspecified atom stereocenters. The number of carboxylic acids is 1. The molecule has 1 fully saturated rings. The van der Waals surface area contributed by atoms with E-state index in [0.717, 1.165) is 19.4 Å². The van der Waals surface area contributed by atoms with Crippen LogP contribution in [0.25, 0.3) is 0 Å². The van der Waals surface area contributed by atoms with E-state index in [1.807, 2.05) is 32.6 Å². The maximum Gasteiger partial charge on any atom is 0.321 e. The van der Waals surface area contributed by atoms with Gasteiger partial charge < -0.3 is 9.84 Å². The summed E-state index contributed by atoms with van der Waals surface area (Å²) in [5.41, 5.74) is -0.151. The van der Waals surface area contributed by atoms with Gasteiger partial charge in [0.15, 0.2) is 0 Å². The molecule has 0 amide bonds. The largest absolute Gasteiger partial charge is 0.480 e. The third kappa shape index (κ3) is 3.96. The van der Waals surface area contributed by atoms with Crippen molar-refractivity contribution in [1.29, 1.82) is 0 Å². The Hall–Kier alpha value is -0.610. The molecule has 1 N–H and O–H groups in total. The molecule has 1 atom stereocenters. The van der Waals surface area contributed by atoms with Crippen LogP contribution in [0.5, 0.6) is 0 Å². The lowest BCUT2D eigenvalue weighted by molar-refractivity contribution is -0.151. The van der Waals surface area contributed by atoms with Crippen molar-refractivity contribution in [2.24, 2.45) is 5.41 Å². The standard InChI is InChI=1S/C13H25NO3/c1-10(2)17-9-8-14-7-5-6-13(3,4)11(14)12(15)16/h10-11H,5-9H2,1-4H3,(H,15,16). The van der Waals surface area contributed by atoms with Gasteiger partial charge in [-0.1, -0.05) is 13.8 Å². The van der Waals surface area contributed by atoms with Gasteiger partial charge in [0.25, 0.3) is 0 Å². The van der Waals surface area contributed by atoms with Crippen LogP contribution in [0.2, 0.25) is 0 Å². The zero-order chi connectivity index (χ0) is 13.1.